The van der Waals surface area contributed by atoms with Crippen LogP contribution in [-0.2, 0) is 17.8 Å². The molecule has 5 nitrogen and oxygen atoms in total. The number of oxazole rings is 1. The maximum absolute atomic E-state index is 10.7. The summed E-state index contributed by atoms with van der Waals surface area (Å²) in [4.78, 5) is 14.8. The molecule has 0 bridgehead atoms. The second-order valence-electron chi connectivity index (χ2n) is 4.67. The number of aliphatic carboxylic acids is 1. The Hall–Kier alpha value is -2.30. The van der Waals surface area contributed by atoms with Crippen LogP contribution in [0.2, 0.25) is 0 Å². The quantitative estimate of drug-likeness (QED) is 0.908. The van der Waals surface area contributed by atoms with Gasteiger partial charge in [0.1, 0.15) is 11.5 Å². The normalized spacial score (nSPS) is 10.6. The standard InChI is InChI=1S/C15H17NO4/c1-9-5-4-6-13(10(9)2)19-8-14-16-12(7-15(17)18)11(3)20-14/h4-6H,7-8H2,1-3H3,(H,17,18). The van der Waals surface area contributed by atoms with Crippen molar-refractivity contribution in [2.45, 2.75) is 33.8 Å². The molecule has 0 atom stereocenters. The van der Waals surface area contributed by atoms with Gasteiger partial charge in [-0.15, -0.1) is 0 Å². The van der Waals surface area contributed by atoms with Crippen LogP contribution >= 0.6 is 0 Å². The van der Waals surface area contributed by atoms with Crippen LogP contribution in [0.25, 0.3) is 0 Å². The summed E-state index contributed by atoms with van der Waals surface area (Å²) in [6.45, 7) is 5.89. The zero-order valence-electron chi connectivity index (χ0n) is 11.8. The van der Waals surface area contributed by atoms with E-state index in [9.17, 15) is 4.79 Å². The van der Waals surface area contributed by atoms with E-state index in [1.165, 1.54) is 0 Å². The second-order valence-corrected chi connectivity index (χ2v) is 4.67. The van der Waals surface area contributed by atoms with Gasteiger partial charge < -0.3 is 14.3 Å². The summed E-state index contributed by atoms with van der Waals surface area (Å²) in [6, 6.07) is 5.83. The fraction of sp³-hybridized carbons (Fsp3) is 0.333. The highest BCUT2D eigenvalue weighted by molar-refractivity contribution is 5.69. The van der Waals surface area contributed by atoms with Crippen LogP contribution < -0.4 is 4.74 Å². The maximum atomic E-state index is 10.7. The van der Waals surface area contributed by atoms with Crippen molar-refractivity contribution in [1.29, 1.82) is 0 Å². The van der Waals surface area contributed by atoms with Gasteiger partial charge in [0.25, 0.3) is 0 Å². The van der Waals surface area contributed by atoms with E-state index in [2.05, 4.69) is 4.98 Å². The molecule has 0 saturated heterocycles. The SMILES string of the molecule is Cc1cccc(OCc2nc(CC(=O)O)c(C)o2)c1C. The van der Waals surface area contributed by atoms with Gasteiger partial charge in [0.05, 0.1) is 12.1 Å². The van der Waals surface area contributed by atoms with E-state index in [0.717, 1.165) is 16.9 Å². The van der Waals surface area contributed by atoms with Gasteiger partial charge in [-0.3, -0.25) is 4.79 Å². The molecule has 2 rings (SSSR count). The number of carboxylic acid groups (broad SMARTS) is 1. The van der Waals surface area contributed by atoms with Crippen LogP contribution in [0.3, 0.4) is 0 Å². The summed E-state index contributed by atoms with van der Waals surface area (Å²) in [5, 5.41) is 8.76. The number of benzene rings is 1. The molecular weight excluding hydrogens is 258 g/mol. The molecule has 0 saturated carbocycles. The lowest BCUT2D eigenvalue weighted by Crippen LogP contribution is -2.02. The van der Waals surface area contributed by atoms with Crippen molar-refractivity contribution in [3.63, 3.8) is 0 Å². The molecule has 1 aromatic heterocycles. The van der Waals surface area contributed by atoms with Crippen molar-refractivity contribution < 1.29 is 19.1 Å². The Kier molecular flexibility index (Phi) is 4.08. The smallest absolute Gasteiger partial charge is 0.309 e. The Labute approximate surface area is 117 Å². The lowest BCUT2D eigenvalue weighted by atomic mass is 10.1. The minimum atomic E-state index is -0.927. The van der Waals surface area contributed by atoms with Gasteiger partial charge in [0.2, 0.25) is 5.89 Å². The summed E-state index contributed by atoms with van der Waals surface area (Å²) in [5.41, 5.74) is 2.66. The average molecular weight is 275 g/mol. The van der Waals surface area contributed by atoms with E-state index >= 15 is 0 Å². The molecule has 0 amide bonds. The summed E-state index contributed by atoms with van der Waals surface area (Å²) in [7, 11) is 0. The third-order valence-corrected chi connectivity index (χ3v) is 3.16. The number of aryl methyl sites for hydroxylation is 2. The Balaban J connectivity index is 2.07. The molecule has 0 unspecified atom stereocenters. The number of hydrogen-bond acceptors (Lipinski definition) is 4. The first-order valence-electron chi connectivity index (χ1n) is 6.33. The van der Waals surface area contributed by atoms with Gasteiger partial charge in [0.15, 0.2) is 6.61 Å². The van der Waals surface area contributed by atoms with Crippen LogP contribution in [0.15, 0.2) is 22.6 Å². The van der Waals surface area contributed by atoms with Crippen LogP contribution in [0, 0.1) is 20.8 Å². The fourth-order valence-corrected chi connectivity index (χ4v) is 1.88. The molecule has 0 radical (unpaired) electrons. The van der Waals surface area contributed by atoms with Crippen molar-refractivity contribution in [3.05, 3.63) is 46.7 Å². The molecule has 1 heterocycles. The van der Waals surface area contributed by atoms with Crippen LogP contribution in [0.1, 0.15) is 28.5 Å². The van der Waals surface area contributed by atoms with E-state index in [4.69, 9.17) is 14.3 Å². The fourth-order valence-electron chi connectivity index (χ4n) is 1.88. The van der Waals surface area contributed by atoms with Gasteiger partial charge in [-0.05, 0) is 38.0 Å². The lowest BCUT2D eigenvalue weighted by Gasteiger charge is -2.08. The minimum Gasteiger partial charge on any atom is -0.484 e. The van der Waals surface area contributed by atoms with Crippen LogP contribution in [0.5, 0.6) is 5.75 Å². The van der Waals surface area contributed by atoms with Gasteiger partial charge in [-0.2, -0.15) is 0 Å². The molecule has 0 aliphatic carbocycles. The number of aromatic nitrogens is 1. The number of carboxylic acids is 1. The summed E-state index contributed by atoms with van der Waals surface area (Å²) >= 11 is 0. The first-order valence-corrected chi connectivity index (χ1v) is 6.33. The minimum absolute atomic E-state index is 0.140. The molecule has 20 heavy (non-hydrogen) atoms. The van der Waals surface area contributed by atoms with Crippen molar-refractivity contribution in [3.8, 4) is 5.75 Å². The molecule has 0 aliphatic rings. The van der Waals surface area contributed by atoms with Gasteiger partial charge in [-0.1, -0.05) is 12.1 Å². The maximum Gasteiger partial charge on any atom is 0.309 e. The first kappa shape index (κ1) is 14.1. The second kappa shape index (κ2) is 5.77. The molecule has 1 aromatic carbocycles. The van der Waals surface area contributed by atoms with E-state index < -0.39 is 5.97 Å². The topological polar surface area (TPSA) is 72.6 Å². The molecule has 0 spiro atoms. The number of ether oxygens (including phenoxy) is 1. The lowest BCUT2D eigenvalue weighted by molar-refractivity contribution is -0.136. The zero-order valence-corrected chi connectivity index (χ0v) is 11.8. The number of rotatable bonds is 5. The van der Waals surface area contributed by atoms with Gasteiger partial charge in [-0.25, -0.2) is 4.98 Å². The molecule has 2 aromatic rings. The van der Waals surface area contributed by atoms with Crippen molar-refractivity contribution >= 4 is 5.97 Å². The van der Waals surface area contributed by atoms with Gasteiger partial charge in [0, 0.05) is 0 Å². The predicted octanol–water partition coefficient (Wildman–Crippen LogP) is 2.81. The first-order chi connectivity index (χ1) is 9.47. The highest BCUT2D eigenvalue weighted by atomic mass is 16.5. The largest absolute Gasteiger partial charge is 0.484 e. The highest BCUT2D eigenvalue weighted by Gasteiger charge is 2.13. The van der Waals surface area contributed by atoms with E-state index in [1.54, 1.807) is 6.92 Å². The van der Waals surface area contributed by atoms with E-state index in [-0.39, 0.29) is 13.0 Å². The monoisotopic (exact) mass is 275 g/mol. The van der Waals surface area contributed by atoms with Gasteiger partial charge >= 0.3 is 5.97 Å². The van der Waals surface area contributed by atoms with Crippen LogP contribution in [-0.4, -0.2) is 16.1 Å². The summed E-state index contributed by atoms with van der Waals surface area (Å²) in [6.07, 6.45) is -0.140. The molecule has 0 aliphatic heterocycles. The number of carbonyl (C=O) groups is 1. The predicted molar refractivity (Wildman–Crippen MR) is 72.8 cm³/mol. The Morgan fingerprint density at radius 3 is 2.80 bits per heavy atom. The average Bonchev–Trinajstić information content (AvgIpc) is 2.71. The highest BCUT2D eigenvalue weighted by Crippen LogP contribution is 2.22. The number of hydrogen-bond donors (Lipinski definition) is 1. The van der Waals surface area contributed by atoms with Crippen molar-refractivity contribution in [2.24, 2.45) is 0 Å². The summed E-state index contributed by atoms with van der Waals surface area (Å²) < 4.78 is 11.1. The number of nitrogens with zero attached hydrogens (tertiary/aromatic N) is 1. The van der Waals surface area contributed by atoms with Crippen molar-refractivity contribution in [1.82, 2.24) is 4.98 Å². The van der Waals surface area contributed by atoms with E-state index in [0.29, 0.717) is 17.3 Å². The summed E-state index contributed by atoms with van der Waals surface area (Å²) in [5.74, 6) is 0.760. The third-order valence-electron chi connectivity index (χ3n) is 3.16. The zero-order chi connectivity index (χ0) is 14.7. The molecule has 106 valence electrons. The Morgan fingerprint density at radius 1 is 1.35 bits per heavy atom. The Morgan fingerprint density at radius 2 is 2.10 bits per heavy atom. The molecular formula is C15H17NO4. The molecule has 0 fully saturated rings. The van der Waals surface area contributed by atoms with Crippen LogP contribution in [0.4, 0.5) is 0 Å². The van der Waals surface area contributed by atoms with Crippen molar-refractivity contribution in [2.75, 3.05) is 0 Å². The Bertz CT molecular complexity index is 631. The van der Waals surface area contributed by atoms with E-state index in [1.807, 2.05) is 32.0 Å². The molecule has 1 N–H and O–H groups in total. The molecule has 5 heteroatoms. The third kappa shape index (κ3) is 3.17.